The molecule has 0 aliphatic carbocycles. The summed E-state index contributed by atoms with van der Waals surface area (Å²) in [6.45, 7) is 6.71. The third-order valence-corrected chi connectivity index (χ3v) is 4.33. The van der Waals surface area contributed by atoms with Crippen molar-refractivity contribution in [3.8, 4) is 5.75 Å². The van der Waals surface area contributed by atoms with Crippen molar-refractivity contribution < 1.29 is 9.47 Å². The van der Waals surface area contributed by atoms with Gasteiger partial charge >= 0.3 is 0 Å². The maximum Gasteiger partial charge on any atom is 0.119 e. The second-order valence-electron chi connectivity index (χ2n) is 5.70. The van der Waals surface area contributed by atoms with Crippen molar-refractivity contribution in [2.75, 3.05) is 43.1 Å². The van der Waals surface area contributed by atoms with E-state index in [0.717, 1.165) is 55.0 Å². The molecule has 5 heteroatoms. The van der Waals surface area contributed by atoms with E-state index in [-0.39, 0.29) is 0 Å². The first-order valence-electron chi connectivity index (χ1n) is 8.34. The number of hydrogen-bond acceptors (Lipinski definition) is 4. The highest BCUT2D eigenvalue weighted by atomic mass is 35.5. The molecule has 1 heterocycles. The Hall–Kier alpha value is -1.91. The molecule has 0 atom stereocenters. The van der Waals surface area contributed by atoms with Crippen molar-refractivity contribution in [1.82, 2.24) is 0 Å². The molecule has 4 nitrogen and oxygen atoms in total. The van der Waals surface area contributed by atoms with Crippen LogP contribution in [-0.2, 0) is 11.3 Å². The lowest BCUT2D eigenvalue weighted by molar-refractivity contribution is 0.122. The maximum atomic E-state index is 6.46. The van der Waals surface area contributed by atoms with Gasteiger partial charge in [0.1, 0.15) is 5.75 Å². The second-order valence-corrected chi connectivity index (χ2v) is 6.10. The van der Waals surface area contributed by atoms with Crippen LogP contribution in [0, 0.1) is 0 Å². The zero-order valence-electron chi connectivity index (χ0n) is 13.9. The number of nitrogens with zero attached hydrogens (tertiary/aromatic N) is 1. The van der Waals surface area contributed by atoms with Gasteiger partial charge in [0.05, 0.1) is 30.5 Å². The third-order valence-electron chi connectivity index (χ3n) is 4.03. The minimum Gasteiger partial charge on any atom is -0.494 e. The Bertz CT molecular complexity index is 655. The van der Waals surface area contributed by atoms with E-state index in [1.54, 1.807) is 0 Å². The molecule has 0 unspecified atom stereocenters. The van der Waals surface area contributed by atoms with Crippen LogP contribution in [0.1, 0.15) is 12.5 Å². The topological polar surface area (TPSA) is 33.7 Å². The number of ether oxygens (including phenoxy) is 2. The van der Waals surface area contributed by atoms with Gasteiger partial charge in [-0.25, -0.2) is 0 Å². The Balaban J connectivity index is 1.60. The molecule has 1 fully saturated rings. The zero-order valence-corrected chi connectivity index (χ0v) is 14.7. The Kier molecular flexibility index (Phi) is 5.83. The average Bonchev–Trinajstić information content (AvgIpc) is 2.62. The van der Waals surface area contributed by atoms with Crippen LogP contribution in [0.25, 0.3) is 0 Å². The third kappa shape index (κ3) is 4.34. The number of rotatable bonds is 6. The first-order chi connectivity index (χ1) is 11.8. The molecule has 1 N–H and O–H groups in total. The van der Waals surface area contributed by atoms with Crippen molar-refractivity contribution in [2.45, 2.75) is 13.5 Å². The molecule has 24 heavy (non-hydrogen) atoms. The van der Waals surface area contributed by atoms with Crippen LogP contribution >= 0.6 is 11.6 Å². The lowest BCUT2D eigenvalue weighted by Crippen LogP contribution is -2.36. The van der Waals surface area contributed by atoms with Crippen molar-refractivity contribution >= 4 is 23.0 Å². The van der Waals surface area contributed by atoms with Crippen molar-refractivity contribution in [3.63, 3.8) is 0 Å². The molecule has 3 rings (SSSR count). The quantitative estimate of drug-likeness (QED) is 0.850. The Morgan fingerprint density at radius 2 is 1.88 bits per heavy atom. The van der Waals surface area contributed by atoms with Gasteiger partial charge < -0.3 is 19.7 Å². The highest BCUT2D eigenvalue weighted by Gasteiger charge is 2.14. The molecule has 0 spiro atoms. The molecule has 0 amide bonds. The highest BCUT2D eigenvalue weighted by molar-refractivity contribution is 6.33. The molecular weight excluding hydrogens is 324 g/mol. The first-order valence-corrected chi connectivity index (χ1v) is 8.72. The normalized spacial score (nSPS) is 14.5. The van der Waals surface area contributed by atoms with Crippen LogP contribution in [0.3, 0.4) is 0 Å². The van der Waals surface area contributed by atoms with Gasteiger partial charge in [-0.2, -0.15) is 0 Å². The summed E-state index contributed by atoms with van der Waals surface area (Å²) in [4.78, 5) is 2.27. The van der Waals surface area contributed by atoms with Gasteiger partial charge in [-0.15, -0.1) is 0 Å². The Morgan fingerprint density at radius 3 is 2.54 bits per heavy atom. The smallest absolute Gasteiger partial charge is 0.119 e. The molecule has 0 aromatic heterocycles. The number of hydrogen-bond donors (Lipinski definition) is 1. The number of anilines is 2. The van der Waals surface area contributed by atoms with Crippen LogP contribution in [0.5, 0.6) is 5.75 Å². The van der Waals surface area contributed by atoms with Crippen LogP contribution in [0.15, 0.2) is 42.5 Å². The molecule has 2 aromatic rings. The minimum atomic E-state index is 0.686. The van der Waals surface area contributed by atoms with Crippen molar-refractivity contribution in [2.24, 2.45) is 0 Å². The Morgan fingerprint density at radius 1 is 1.12 bits per heavy atom. The molecule has 1 aliphatic rings. The predicted molar refractivity (Wildman–Crippen MR) is 99.4 cm³/mol. The van der Waals surface area contributed by atoms with Gasteiger partial charge in [0.15, 0.2) is 0 Å². The molecule has 1 aliphatic heterocycles. The van der Waals surface area contributed by atoms with Gasteiger partial charge in [-0.3, -0.25) is 0 Å². The SMILES string of the molecule is CCOc1ccc(CNc2ccc(N3CCOCC3)c(Cl)c2)cc1. The Labute approximate surface area is 148 Å². The van der Waals surface area contributed by atoms with Crippen molar-refractivity contribution in [1.29, 1.82) is 0 Å². The van der Waals surface area contributed by atoms with Crippen LogP contribution < -0.4 is 15.0 Å². The number of morpholine rings is 1. The second kappa shape index (κ2) is 8.27. The standard InChI is InChI=1S/C19H23ClN2O2/c1-2-24-17-6-3-15(4-7-17)14-21-16-5-8-19(18(20)13-16)22-9-11-23-12-10-22/h3-8,13,21H,2,9-12,14H2,1H3. The van der Waals surface area contributed by atoms with Gasteiger partial charge in [0.2, 0.25) is 0 Å². The van der Waals surface area contributed by atoms with E-state index in [9.17, 15) is 0 Å². The van der Waals surface area contributed by atoms with E-state index in [0.29, 0.717) is 6.61 Å². The van der Waals surface area contributed by atoms with E-state index >= 15 is 0 Å². The maximum absolute atomic E-state index is 6.46. The van der Waals surface area contributed by atoms with Gasteiger partial charge in [0.25, 0.3) is 0 Å². The van der Waals surface area contributed by atoms with E-state index in [1.165, 1.54) is 5.56 Å². The fourth-order valence-corrected chi connectivity index (χ4v) is 3.05. The fraction of sp³-hybridized carbons (Fsp3) is 0.368. The van der Waals surface area contributed by atoms with Crippen molar-refractivity contribution in [3.05, 3.63) is 53.1 Å². The van der Waals surface area contributed by atoms with E-state index in [1.807, 2.05) is 25.1 Å². The lowest BCUT2D eigenvalue weighted by Gasteiger charge is -2.29. The van der Waals surface area contributed by atoms with E-state index in [2.05, 4.69) is 34.5 Å². The molecule has 0 radical (unpaired) electrons. The summed E-state index contributed by atoms with van der Waals surface area (Å²) in [5.41, 5.74) is 3.30. The summed E-state index contributed by atoms with van der Waals surface area (Å²) in [7, 11) is 0. The number of halogens is 1. The largest absolute Gasteiger partial charge is 0.494 e. The zero-order chi connectivity index (χ0) is 16.8. The summed E-state index contributed by atoms with van der Waals surface area (Å²) in [5, 5.41) is 4.19. The molecule has 0 bridgehead atoms. The summed E-state index contributed by atoms with van der Waals surface area (Å²) in [6, 6.07) is 14.3. The first kappa shape index (κ1) is 16.9. The van der Waals surface area contributed by atoms with Crippen LogP contribution in [-0.4, -0.2) is 32.9 Å². The molecular formula is C19H23ClN2O2. The molecule has 0 saturated carbocycles. The number of benzene rings is 2. The van der Waals surface area contributed by atoms with Gasteiger partial charge in [-0.1, -0.05) is 23.7 Å². The molecule has 1 saturated heterocycles. The number of nitrogens with one attached hydrogen (secondary N) is 1. The molecule has 2 aromatic carbocycles. The monoisotopic (exact) mass is 346 g/mol. The average molecular weight is 347 g/mol. The lowest BCUT2D eigenvalue weighted by atomic mass is 10.2. The van der Waals surface area contributed by atoms with E-state index in [4.69, 9.17) is 21.1 Å². The predicted octanol–water partition coefficient (Wildman–Crippen LogP) is 4.19. The van der Waals surface area contributed by atoms with Crippen LogP contribution in [0.4, 0.5) is 11.4 Å². The summed E-state index contributed by atoms with van der Waals surface area (Å²) >= 11 is 6.46. The minimum absolute atomic E-state index is 0.686. The van der Waals surface area contributed by atoms with Gasteiger partial charge in [-0.05, 0) is 42.8 Å². The van der Waals surface area contributed by atoms with Gasteiger partial charge in [0, 0.05) is 25.3 Å². The summed E-state index contributed by atoms with van der Waals surface area (Å²) in [6.07, 6.45) is 0. The highest BCUT2D eigenvalue weighted by Crippen LogP contribution is 2.29. The summed E-state index contributed by atoms with van der Waals surface area (Å²) < 4.78 is 10.8. The molecule has 128 valence electrons. The van der Waals surface area contributed by atoms with E-state index < -0.39 is 0 Å². The summed E-state index contributed by atoms with van der Waals surface area (Å²) in [5.74, 6) is 0.902. The fourth-order valence-electron chi connectivity index (χ4n) is 2.75. The van der Waals surface area contributed by atoms with Crippen LogP contribution in [0.2, 0.25) is 5.02 Å².